The van der Waals surface area contributed by atoms with E-state index in [0.717, 1.165) is 19.3 Å². The van der Waals surface area contributed by atoms with E-state index in [0.29, 0.717) is 26.0 Å². The molecule has 0 saturated carbocycles. The van der Waals surface area contributed by atoms with E-state index in [4.69, 9.17) is 14.6 Å². The molecule has 28 heavy (non-hydrogen) atoms. The number of carboxylic acid groups (broad SMARTS) is 1. The first kappa shape index (κ1) is 23.7. The van der Waals surface area contributed by atoms with Crippen molar-refractivity contribution in [1.82, 2.24) is 4.90 Å². The third-order valence-electron chi connectivity index (χ3n) is 4.59. The first-order valence-electron chi connectivity index (χ1n) is 9.89. The van der Waals surface area contributed by atoms with Gasteiger partial charge in [-0.3, -0.25) is 9.59 Å². The molecule has 1 saturated heterocycles. The average Bonchev–Trinajstić information content (AvgIpc) is 3.15. The van der Waals surface area contributed by atoms with E-state index in [-0.39, 0.29) is 12.0 Å². The van der Waals surface area contributed by atoms with Gasteiger partial charge in [-0.2, -0.15) is 0 Å². The van der Waals surface area contributed by atoms with Gasteiger partial charge in [0.25, 0.3) is 5.91 Å². The van der Waals surface area contributed by atoms with Crippen LogP contribution in [-0.4, -0.2) is 59.6 Å². The number of unbranched alkanes of at least 4 members (excludes halogenated alkanes) is 5. The van der Waals surface area contributed by atoms with Crippen LogP contribution in [0.5, 0.6) is 0 Å². The average molecular weight is 397 g/mol. The van der Waals surface area contributed by atoms with Gasteiger partial charge in [-0.15, -0.1) is 0 Å². The summed E-state index contributed by atoms with van der Waals surface area (Å²) in [5.41, 5.74) is -0.100. The molecule has 0 aromatic heterocycles. The molecule has 1 heterocycles. The largest absolute Gasteiger partial charge is 0.480 e. The number of hydrogen-bond acceptors (Lipinski definition) is 6. The topological polar surface area (TPSA) is 110 Å². The zero-order valence-corrected chi connectivity index (χ0v) is 16.6. The van der Waals surface area contributed by atoms with Crippen molar-refractivity contribution in [3.05, 3.63) is 12.2 Å². The SMILES string of the molecule is C=C(CC(=O)OCCCCCCCC)C(=O)OCC(=O)N1CCC[C@H]1C(=O)O. The lowest BCUT2D eigenvalue weighted by molar-refractivity contribution is -0.154. The molecule has 1 atom stereocenters. The fraction of sp³-hybridized carbons (Fsp3) is 0.700. The number of likely N-dealkylation sites (tertiary alicyclic amines) is 1. The maximum absolute atomic E-state index is 12.0. The first-order chi connectivity index (χ1) is 13.4. The zero-order chi connectivity index (χ0) is 20.9. The fourth-order valence-electron chi connectivity index (χ4n) is 3.00. The van der Waals surface area contributed by atoms with Gasteiger partial charge in [0.05, 0.1) is 13.0 Å². The second-order valence-electron chi connectivity index (χ2n) is 6.93. The summed E-state index contributed by atoms with van der Waals surface area (Å²) in [6.45, 7) is 5.69. The fourth-order valence-corrected chi connectivity index (χ4v) is 3.00. The summed E-state index contributed by atoms with van der Waals surface area (Å²) in [6, 6.07) is -0.883. The Kier molecular flexibility index (Phi) is 10.9. The highest BCUT2D eigenvalue weighted by Crippen LogP contribution is 2.17. The Hall–Kier alpha value is -2.38. The molecule has 0 aromatic rings. The predicted octanol–water partition coefficient (Wildman–Crippen LogP) is 2.46. The molecular weight excluding hydrogens is 366 g/mol. The zero-order valence-electron chi connectivity index (χ0n) is 16.6. The molecule has 0 unspecified atom stereocenters. The number of carbonyl (C=O) groups excluding carboxylic acids is 3. The number of nitrogens with zero attached hydrogens (tertiary/aromatic N) is 1. The maximum Gasteiger partial charge on any atom is 0.334 e. The predicted molar refractivity (Wildman–Crippen MR) is 101 cm³/mol. The lowest BCUT2D eigenvalue weighted by atomic mass is 10.1. The molecule has 1 aliphatic heterocycles. The Morgan fingerprint density at radius 2 is 1.75 bits per heavy atom. The number of hydrogen-bond donors (Lipinski definition) is 1. The number of rotatable bonds is 13. The van der Waals surface area contributed by atoms with Gasteiger partial charge < -0.3 is 19.5 Å². The van der Waals surface area contributed by atoms with Gasteiger partial charge in [-0.25, -0.2) is 9.59 Å². The number of amides is 1. The van der Waals surface area contributed by atoms with E-state index in [1.165, 1.54) is 24.2 Å². The molecule has 1 rings (SSSR count). The molecule has 1 aliphatic rings. The highest BCUT2D eigenvalue weighted by molar-refractivity contribution is 5.94. The molecule has 1 fully saturated rings. The monoisotopic (exact) mass is 397 g/mol. The minimum absolute atomic E-state index is 0.100. The van der Waals surface area contributed by atoms with E-state index in [2.05, 4.69) is 13.5 Å². The van der Waals surface area contributed by atoms with Crippen molar-refractivity contribution in [2.75, 3.05) is 19.8 Å². The Bertz CT molecular complexity index is 573. The van der Waals surface area contributed by atoms with Gasteiger partial charge in [0, 0.05) is 12.1 Å². The van der Waals surface area contributed by atoms with Crippen LogP contribution in [0.25, 0.3) is 0 Å². The van der Waals surface area contributed by atoms with Crippen LogP contribution in [0.4, 0.5) is 0 Å². The van der Waals surface area contributed by atoms with Crippen LogP contribution < -0.4 is 0 Å². The summed E-state index contributed by atoms with van der Waals surface area (Å²) >= 11 is 0. The van der Waals surface area contributed by atoms with Gasteiger partial charge >= 0.3 is 17.9 Å². The summed E-state index contributed by atoms with van der Waals surface area (Å²) in [4.78, 5) is 47.9. The summed E-state index contributed by atoms with van der Waals surface area (Å²) in [7, 11) is 0. The lowest BCUT2D eigenvalue weighted by Gasteiger charge is -2.21. The molecule has 8 heteroatoms. The van der Waals surface area contributed by atoms with Crippen LogP contribution in [0, 0.1) is 0 Å². The number of esters is 2. The summed E-state index contributed by atoms with van der Waals surface area (Å²) in [6.07, 6.45) is 7.11. The third kappa shape index (κ3) is 8.54. The van der Waals surface area contributed by atoms with Gasteiger partial charge in [0.1, 0.15) is 6.04 Å². The molecule has 0 aliphatic carbocycles. The van der Waals surface area contributed by atoms with Gasteiger partial charge in [-0.05, 0) is 19.3 Å². The normalized spacial score (nSPS) is 15.9. The number of carbonyl (C=O) groups is 4. The third-order valence-corrected chi connectivity index (χ3v) is 4.59. The maximum atomic E-state index is 12.0. The number of ether oxygens (including phenoxy) is 2. The van der Waals surface area contributed by atoms with Crippen LogP contribution in [0.1, 0.15) is 64.7 Å². The molecule has 158 valence electrons. The van der Waals surface area contributed by atoms with Gasteiger partial charge in [0.2, 0.25) is 0 Å². The highest BCUT2D eigenvalue weighted by atomic mass is 16.5. The quantitative estimate of drug-likeness (QED) is 0.289. The van der Waals surface area contributed by atoms with E-state index >= 15 is 0 Å². The number of aliphatic carboxylic acids is 1. The van der Waals surface area contributed by atoms with Crippen molar-refractivity contribution in [2.24, 2.45) is 0 Å². The molecule has 0 bridgehead atoms. The van der Waals surface area contributed by atoms with E-state index in [9.17, 15) is 19.2 Å². The molecule has 0 aromatic carbocycles. The van der Waals surface area contributed by atoms with Crippen LogP contribution in [0.2, 0.25) is 0 Å². The molecule has 1 amide bonds. The van der Waals surface area contributed by atoms with Crippen LogP contribution >= 0.6 is 0 Å². The van der Waals surface area contributed by atoms with Crippen molar-refractivity contribution < 1.29 is 33.8 Å². The number of carboxylic acids is 1. The smallest absolute Gasteiger partial charge is 0.334 e. The first-order valence-corrected chi connectivity index (χ1v) is 9.89. The van der Waals surface area contributed by atoms with Crippen molar-refractivity contribution >= 4 is 23.8 Å². The van der Waals surface area contributed by atoms with E-state index in [1.54, 1.807) is 0 Å². The Labute approximate surface area is 165 Å². The Balaban J connectivity index is 2.22. The minimum atomic E-state index is -1.07. The van der Waals surface area contributed by atoms with Gasteiger partial charge in [0.15, 0.2) is 6.61 Å². The highest BCUT2D eigenvalue weighted by Gasteiger charge is 2.34. The van der Waals surface area contributed by atoms with Crippen LogP contribution in [0.15, 0.2) is 12.2 Å². The Morgan fingerprint density at radius 3 is 2.43 bits per heavy atom. The molecule has 8 nitrogen and oxygen atoms in total. The molecule has 0 radical (unpaired) electrons. The van der Waals surface area contributed by atoms with Crippen molar-refractivity contribution in [3.8, 4) is 0 Å². The van der Waals surface area contributed by atoms with Crippen LogP contribution in [0.3, 0.4) is 0 Å². The van der Waals surface area contributed by atoms with Crippen LogP contribution in [-0.2, 0) is 28.7 Å². The van der Waals surface area contributed by atoms with Crippen molar-refractivity contribution in [2.45, 2.75) is 70.8 Å². The molecular formula is C20H31NO7. The second-order valence-corrected chi connectivity index (χ2v) is 6.93. The Morgan fingerprint density at radius 1 is 1.07 bits per heavy atom. The second kappa shape index (κ2) is 12.9. The summed E-state index contributed by atoms with van der Waals surface area (Å²) < 4.78 is 9.93. The van der Waals surface area contributed by atoms with E-state index in [1.807, 2.05) is 0 Å². The standard InChI is InChI=1S/C20H31NO7/c1-3-4-5-6-7-8-12-27-18(23)13-15(2)20(26)28-14-17(22)21-11-9-10-16(21)19(24)25/h16H,2-14H2,1H3,(H,24,25)/t16-/m0/s1. The van der Waals surface area contributed by atoms with Crippen molar-refractivity contribution in [1.29, 1.82) is 0 Å². The summed E-state index contributed by atoms with van der Waals surface area (Å²) in [5.74, 6) is -3.07. The summed E-state index contributed by atoms with van der Waals surface area (Å²) in [5, 5.41) is 9.07. The van der Waals surface area contributed by atoms with Gasteiger partial charge in [-0.1, -0.05) is 45.6 Å². The minimum Gasteiger partial charge on any atom is -0.480 e. The van der Waals surface area contributed by atoms with Crippen molar-refractivity contribution in [3.63, 3.8) is 0 Å². The van der Waals surface area contributed by atoms with E-state index < -0.39 is 36.5 Å². The lowest BCUT2D eigenvalue weighted by Crippen LogP contribution is -2.42. The molecule has 0 spiro atoms. The molecule has 1 N–H and O–H groups in total.